The van der Waals surface area contributed by atoms with Gasteiger partial charge >= 0.3 is 6.09 Å². The van der Waals surface area contributed by atoms with Crippen molar-refractivity contribution in [2.75, 3.05) is 18.9 Å². The van der Waals surface area contributed by atoms with Crippen molar-refractivity contribution in [1.29, 1.82) is 0 Å². The van der Waals surface area contributed by atoms with Crippen LogP contribution in [0, 0.1) is 6.92 Å². The zero-order valence-electron chi connectivity index (χ0n) is 19.8. The fraction of sp³-hybridized carbons (Fsp3) is 0.417. The normalized spacial score (nSPS) is 14.0. The Balaban J connectivity index is 1.44. The average molecular weight is 450 g/mol. The van der Waals surface area contributed by atoms with Crippen molar-refractivity contribution >= 4 is 17.7 Å². The molecular weight excluding hydrogens is 418 g/mol. The summed E-state index contributed by atoms with van der Waals surface area (Å²) in [5.41, 5.74) is 4.53. The molecule has 0 saturated carbocycles. The van der Waals surface area contributed by atoms with E-state index in [9.17, 15) is 4.79 Å². The molecule has 9 nitrogen and oxygen atoms in total. The number of hydrogen-bond donors (Lipinski definition) is 2. The second-order valence-electron chi connectivity index (χ2n) is 9.39. The van der Waals surface area contributed by atoms with Crippen molar-refractivity contribution in [2.24, 2.45) is 0 Å². The predicted molar refractivity (Wildman–Crippen MR) is 127 cm³/mol. The lowest BCUT2D eigenvalue weighted by atomic mass is 10.0. The van der Waals surface area contributed by atoms with Crippen LogP contribution >= 0.6 is 0 Å². The van der Waals surface area contributed by atoms with Gasteiger partial charge in [0.15, 0.2) is 5.82 Å². The largest absolute Gasteiger partial charge is 0.444 e. The van der Waals surface area contributed by atoms with Crippen LogP contribution in [0.3, 0.4) is 0 Å². The van der Waals surface area contributed by atoms with Gasteiger partial charge in [-0.2, -0.15) is 5.10 Å². The number of aromatic nitrogens is 4. The smallest absolute Gasteiger partial charge is 0.407 e. The molecule has 2 N–H and O–H groups in total. The molecule has 0 spiro atoms. The van der Waals surface area contributed by atoms with E-state index in [1.807, 2.05) is 50.6 Å². The van der Waals surface area contributed by atoms with E-state index in [4.69, 9.17) is 4.74 Å². The monoisotopic (exact) mass is 449 g/mol. The van der Waals surface area contributed by atoms with Crippen molar-refractivity contribution in [3.63, 3.8) is 0 Å². The number of fused-ring (bicyclic) bond motifs is 1. The number of nitrogens with zero attached hydrogens (tertiary/aromatic N) is 5. The van der Waals surface area contributed by atoms with Gasteiger partial charge in [0.1, 0.15) is 17.7 Å². The summed E-state index contributed by atoms with van der Waals surface area (Å²) in [5, 5.41) is 10.7. The van der Waals surface area contributed by atoms with Gasteiger partial charge in [-0.1, -0.05) is 12.1 Å². The quantitative estimate of drug-likeness (QED) is 0.610. The third-order valence-electron chi connectivity index (χ3n) is 5.37. The number of carbonyl (C=O) groups excluding carboxylic acids is 1. The number of likely N-dealkylation sites (N-methyl/N-ethyl adjacent to an activating group) is 1. The van der Waals surface area contributed by atoms with E-state index in [1.165, 1.54) is 5.69 Å². The maximum absolute atomic E-state index is 11.9. The minimum absolute atomic E-state index is 0.401. The Labute approximate surface area is 194 Å². The summed E-state index contributed by atoms with van der Waals surface area (Å²) in [5.74, 6) is 1.47. The molecule has 9 heteroatoms. The lowest BCUT2D eigenvalue weighted by Crippen LogP contribution is -2.32. The Hall–Kier alpha value is -3.46. The first-order valence-electron chi connectivity index (χ1n) is 11.1. The lowest BCUT2D eigenvalue weighted by Gasteiger charge is -2.22. The fourth-order valence-corrected chi connectivity index (χ4v) is 3.71. The summed E-state index contributed by atoms with van der Waals surface area (Å²) in [6.45, 7) is 10.7. The average Bonchev–Trinajstić information content (AvgIpc) is 3.13. The van der Waals surface area contributed by atoms with E-state index in [-0.39, 0.29) is 0 Å². The van der Waals surface area contributed by atoms with Gasteiger partial charge < -0.3 is 15.4 Å². The summed E-state index contributed by atoms with van der Waals surface area (Å²) in [7, 11) is 2.11. The molecule has 0 saturated heterocycles. The third kappa shape index (κ3) is 5.87. The fourth-order valence-electron chi connectivity index (χ4n) is 3.71. The van der Waals surface area contributed by atoms with Crippen LogP contribution in [-0.4, -0.2) is 49.9 Å². The number of anilines is 2. The van der Waals surface area contributed by atoms with Crippen LogP contribution in [0.5, 0.6) is 0 Å². The van der Waals surface area contributed by atoms with Crippen LogP contribution in [0.4, 0.5) is 16.4 Å². The highest BCUT2D eigenvalue weighted by Gasteiger charge is 2.17. The highest BCUT2D eigenvalue weighted by atomic mass is 16.6. The van der Waals surface area contributed by atoms with Gasteiger partial charge in [0, 0.05) is 37.3 Å². The molecule has 1 amide bonds. The van der Waals surface area contributed by atoms with Crippen LogP contribution in [0.15, 0.2) is 36.7 Å². The van der Waals surface area contributed by atoms with Gasteiger partial charge in [0.25, 0.3) is 0 Å². The van der Waals surface area contributed by atoms with Crippen LogP contribution < -0.4 is 10.6 Å². The maximum Gasteiger partial charge on any atom is 0.407 e. The summed E-state index contributed by atoms with van der Waals surface area (Å²) < 4.78 is 7.34. The first-order chi connectivity index (χ1) is 15.7. The predicted octanol–water partition coefficient (Wildman–Crippen LogP) is 3.86. The van der Waals surface area contributed by atoms with Crippen molar-refractivity contribution in [2.45, 2.75) is 52.9 Å². The van der Waals surface area contributed by atoms with Gasteiger partial charge in [-0.15, -0.1) is 0 Å². The second kappa shape index (κ2) is 9.19. The first-order valence-corrected chi connectivity index (χ1v) is 11.1. The number of amides is 1. The number of aryl methyl sites for hydroxylation is 1. The molecule has 1 aliphatic rings. The molecular formula is C24H31N7O2. The standard InChI is InChI=1S/C24H31N7O2/c1-16-10-17(6-7-18(16)13-25-23(32)33-24(2,3)4)20-12-21(27-15-26-20)28-22-11-19-14-30(5)8-9-31(19)29-22/h6-7,10-12,15H,8-9,13-14H2,1-5H3,(H,25,32)(H,26,27,28,29). The number of benzene rings is 1. The van der Waals surface area contributed by atoms with Gasteiger partial charge in [-0.25, -0.2) is 14.8 Å². The van der Waals surface area contributed by atoms with Crippen molar-refractivity contribution in [1.82, 2.24) is 30.0 Å². The van der Waals surface area contributed by atoms with Crippen LogP contribution in [0.1, 0.15) is 37.6 Å². The first kappa shape index (κ1) is 22.7. The summed E-state index contributed by atoms with van der Waals surface area (Å²) >= 11 is 0. The molecule has 0 atom stereocenters. The van der Waals surface area contributed by atoms with Gasteiger partial charge in [0.05, 0.1) is 17.9 Å². The topological polar surface area (TPSA) is 97.2 Å². The highest BCUT2D eigenvalue weighted by Crippen LogP contribution is 2.24. The Kier molecular flexibility index (Phi) is 6.33. The minimum Gasteiger partial charge on any atom is -0.444 e. The van der Waals surface area contributed by atoms with E-state index in [2.05, 4.69) is 49.8 Å². The van der Waals surface area contributed by atoms with E-state index >= 15 is 0 Å². The van der Waals surface area contributed by atoms with Gasteiger partial charge in [-0.3, -0.25) is 9.58 Å². The Morgan fingerprint density at radius 3 is 2.70 bits per heavy atom. The summed E-state index contributed by atoms with van der Waals surface area (Å²) in [6, 6.07) is 10.0. The highest BCUT2D eigenvalue weighted by molar-refractivity contribution is 5.68. The SMILES string of the molecule is Cc1cc(-c2cc(Nc3cc4n(n3)CCN(C)C4)ncn2)ccc1CNC(=O)OC(C)(C)C. The molecule has 3 heterocycles. The molecule has 174 valence electrons. The molecule has 0 unspecified atom stereocenters. The van der Waals surface area contributed by atoms with E-state index in [1.54, 1.807) is 6.33 Å². The van der Waals surface area contributed by atoms with E-state index in [0.717, 1.165) is 47.8 Å². The molecule has 0 aliphatic carbocycles. The van der Waals surface area contributed by atoms with Gasteiger partial charge in [0.2, 0.25) is 0 Å². The molecule has 4 rings (SSSR count). The lowest BCUT2D eigenvalue weighted by molar-refractivity contribution is 0.0523. The third-order valence-corrected chi connectivity index (χ3v) is 5.37. The van der Waals surface area contributed by atoms with E-state index < -0.39 is 11.7 Å². The molecule has 0 radical (unpaired) electrons. The van der Waals surface area contributed by atoms with Crippen molar-refractivity contribution < 1.29 is 9.53 Å². The summed E-state index contributed by atoms with van der Waals surface area (Å²) in [6.07, 6.45) is 1.12. The zero-order chi connectivity index (χ0) is 23.6. The number of alkyl carbamates (subject to hydrolysis) is 1. The van der Waals surface area contributed by atoms with E-state index in [0.29, 0.717) is 12.4 Å². The Morgan fingerprint density at radius 2 is 1.94 bits per heavy atom. The molecule has 3 aromatic rings. The van der Waals surface area contributed by atoms with Crippen LogP contribution in [-0.2, 0) is 24.4 Å². The van der Waals surface area contributed by atoms with Crippen molar-refractivity contribution in [3.8, 4) is 11.3 Å². The maximum atomic E-state index is 11.9. The molecule has 1 aromatic carbocycles. The number of carbonyl (C=O) groups is 1. The zero-order valence-corrected chi connectivity index (χ0v) is 19.8. The van der Waals surface area contributed by atoms with Crippen LogP contribution in [0.25, 0.3) is 11.3 Å². The van der Waals surface area contributed by atoms with Crippen LogP contribution in [0.2, 0.25) is 0 Å². The number of hydrogen-bond acceptors (Lipinski definition) is 7. The molecule has 0 fully saturated rings. The number of ether oxygens (including phenoxy) is 1. The minimum atomic E-state index is -0.520. The second-order valence-corrected chi connectivity index (χ2v) is 9.39. The van der Waals surface area contributed by atoms with Crippen molar-refractivity contribution in [3.05, 3.63) is 53.5 Å². The van der Waals surface area contributed by atoms with Gasteiger partial charge in [-0.05, 0) is 51.9 Å². The molecule has 1 aliphatic heterocycles. The number of nitrogens with one attached hydrogen (secondary N) is 2. The molecule has 33 heavy (non-hydrogen) atoms. The molecule has 2 aromatic heterocycles. The molecule has 0 bridgehead atoms. The number of rotatable bonds is 5. The summed E-state index contributed by atoms with van der Waals surface area (Å²) in [4.78, 5) is 23.0. The Bertz CT molecular complexity index is 1150. The Morgan fingerprint density at radius 1 is 1.12 bits per heavy atom.